The minimum absolute atomic E-state index is 0.137. The number of methoxy groups -OCH3 is 1. The van der Waals surface area contributed by atoms with Gasteiger partial charge in [-0.15, -0.1) is 0 Å². The van der Waals surface area contributed by atoms with Crippen molar-refractivity contribution in [3.63, 3.8) is 0 Å². The molecule has 2 aliphatic rings. The van der Waals surface area contributed by atoms with Gasteiger partial charge in [-0.3, -0.25) is 4.79 Å². The van der Waals surface area contributed by atoms with Crippen LogP contribution in [0.5, 0.6) is 5.88 Å². The number of amides is 1. The lowest BCUT2D eigenvalue weighted by molar-refractivity contribution is -0.138. The van der Waals surface area contributed by atoms with Gasteiger partial charge in [0.1, 0.15) is 0 Å². The first kappa shape index (κ1) is 17.0. The van der Waals surface area contributed by atoms with Crippen molar-refractivity contribution < 1.29 is 14.6 Å². The Morgan fingerprint density at radius 3 is 2.83 bits per heavy atom. The molecule has 1 aromatic rings. The van der Waals surface area contributed by atoms with Crippen LogP contribution in [0.3, 0.4) is 0 Å². The molecule has 0 unspecified atom stereocenters. The maximum Gasteiger partial charge on any atom is 0.228 e. The molecule has 0 aliphatic carbocycles. The third-order valence-electron chi connectivity index (χ3n) is 5.27. The fourth-order valence-corrected chi connectivity index (χ4v) is 3.76. The molecule has 3 heterocycles. The maximum atomic E-state index is 12.1. The number of ether oxygens (including phenoxy) is 1. The molecule has 0 bridgehead atoms. The highest BCUT2D eigenvalue weighted by Gasteiger charge is 2.41. The van der Waals surface area contributed by atoms with Crippen LogP contribution in [0, 0.1) is 5.41 Å². The van der Waals surface area contributed by atoms with Crippen molar-refractivity contribution in [1.82, 2.24) is 14.9 Å². The molecule has 1 N–H and O–H groups in total. The van der Waals surface area contributed by atoms with Gasteiger partial charge in [0.15, 0.2) is 0 Å². The second-order valence-corrected chi connectivity index (χ2v) is 6.78. The second-order valence-electron chi connectivity index (χ2n) is 6.78. The molecule has 0 saturated carbocycles. The average molecular weight is 334 g/mol. The Morgan fingerprint density at radius 2 is 2.12 bits per heavy atom. The first-order chi connectivity index (χ1) is 11.7. The molecule has 0 aromatic carbocycles. The zero-order valence-corrected chi connectivity index (χ0v) is 14.3. The lowest BCUT2D eigenvalue weighted by atomic mass is 9.72. The molecule has 7 nitrogen and oxygen atoms in total. The van der Waals surface area contributed by atoms with Crippen LogP contribution in [0.15, 0.2) is 12.3 Å². The summed E-state index contributed by atoms with van der Waals surface area (Å²) in [5.41, 5.74) is 0.207. The van der Waals surface area contributed by atoms with Crippen LogP contribution >= 0.6 is 0 Å². The topological polar surface area (TPSA) is 78.8 Å². The minimum Gasteiger partial charge on any atom is -0.481 e. The Kier molecular flexibility index (Phi) is 5.18. The third kappa shape index (κ3) is 3.61. The van der Waals surface area contributed by atoms with Crippen molar-refractivity contribution in [1.29, 1.82) is 0 Å². The number of carbonyl (C=O) groups excluding carboxylic acids is 1. The van der Waals surface area contributed by atoms with Crippen molar-refractivity contribution in [2.75, 3.05) is 44.8 Å². The van der Waals surface area contributed by atoms with Crippen LogP contribution in [0.1, 0.15) is 32.1 Å². The summed E-state index contributed by atoms with van der Waals surface area (Å²) >= 11 is 0. The Labute approximate surface area is 142 Å². The van der Waals surface area contributed by atoms with Crippen LogP contribution in [0.4, 0.5) is 5.95 Å². The van der Waals surface area contributed by atoms with E-state index in [1.54, 1.807) is 19.4 Å². The van der Waals surface area contributed by atoms with Gasteiger partial charge in [0.2, 0.25) is 17.7 Å². The Morgan fingerprint density at radius 1 is 1.33 bits per heavy atom. The molecule has 0 atom stereocenters. The quantitative estimate of drug-likeness (QED) is 0.868. The van der Waals surface area contributed by atoms with Gasteiger partial charge in [0.25, 0.3) is 0 Å². The monoisotopic (exact) mass is 334 g/mol. The number of aliphatic hydroxyl groups is 1. The van der Waals surface area contributed by atoms with Crippen LogP contribution in [-0.2, 0) is 4.79 Å². The molecule has 3 rings (SSSR count). The van der Waals surface area contributed by atoms with Crippen molar-refractivity contribution in [3.8, 4) is 5.88 Å². The summed E-state index contributed by atoms with van der Waals surface area (Å²) < 4.78 is 5.18. The Bertz CT molecular complexity index is 573. The highest BCUT2D eigenvalue weighted by molar-refractivity contribution is 5.77. The van der Waals surface area contributed by atoms with E-state index in [4.69, 9.17) is 9.84 Å². The first-order valence-electron chi connectivity index (χ1n) is 8.66. The van der Waals surface area contributed by atoms with Crippen LogP contribution < -0.4 is 9.64 Å². The zero-order valence-electron chi connectivity index (χ0n) is 14.3. The average Bonchev–Trinajstić information content (AvgIpc) is 2.63. The minimum atomic E-state index is 0.137. The van der Waals surface area contributed by atoms with Crippen molar-refractivity contribution in [2.45, 2.75) is 32.1 Å². The number of aliphatic hydroxyl groups excluding tert-OH is 1. The van der Waals surface area contributed by atoms with E-state index in [1.807, 2.05) is 4.90 Å². The number of hydrogen-bond donors (Lipinski definition) is 1. The van der Waals surface area contributed by atoms with Gasteiger partial charge < -0.3 is 19.6 Å². The van der Waals surface area contributed by atoms with Crippen molar-refractivity contribution in [2.24, 2.45) is 5.41 Å². The maximum absolute atomic E-state index is 12.1. The summed E-state index contributed by atoms with van der Waals surface area (Å²) in [5.74, 6) is 1.53. The molecule has 1 aromatic heterocycles. The van der Waals surface area contributed by atoms with Crippen molar-refractivity contribution >= 4 is 11.9 Å². The van der Waals surface area contributed by atoms with Crippen LogP contribution in [0.2, 0.25) is 0 Å². The standard InChI is InChI=1S/C17H26N4O3/c1-24-14-4-8-18-16(19-14)20-10-6-17(7-11-20)5-3-15(23)21(13-17)9-2-12-22/h4,8,22H,2-3,5-7,9-13H2,1H3. The first-order valence-corrected chi connectivity index (χ1v) is 8.66. The van der Waals surface area contributed by atoms with E-state index < -0.39 is 0 Å². The smallest absolute Gasteiger partial charge is 0.228 e. The van der Waals surface area contributed by atoms with Gasteiger partial charge in [-0.1, -0.05) is 0 Å². The van der Waals surface area contributed by atoms with Gasteiger partial charge in [-0.2, -0.15) is 4.98 Å². The largest absolute Gasteiger partial charge is 0.481 e. The van der Waals surface area contributed by atoms with Gasteiger partial charge in [0, 0.05) is 51.5 Å². The number of likely N-dealkylation sites (tertiary alicyclic amines) is 1. The normalized spacial score (nSPS) is 20.5. The Balaban J connectivity index is 1.62. The number of nitrogens with zero attached hydrogens (tertiary/aromatic N) is 4. The van der Waals surface area contributed by atoms with Crippen LogP contribution in [-0.4, -0.2) is 65.8 Å². The van der Waals surface area contributed by atoms with E-state index in [-0.39, 0.29) is 17.9 Å². The summed E-state index contributed by atoms with van der Waals surface area (Å²) in [6.45, 7) is 3.42. The van der Waals surface area contributed by atoms with E-state index in [0.717, 1.165) is 38.9 Å². The molecular weight excluding hydrogens is 308 g/mol. The van der Waals surface area contributed by atoms with Gasteiger partial charge in [-0.25, -0.2) is 4.98 Å². The van der Waals surface area contributed by atoms with E-state index in [2.05, 4.69) is 14.9 Å². The molecular formula is C17H26N4O3. The number of hydrogen-bond acceptors (Lipinski definition) is 6. The summed E-state index contributed by atoms with van der Waals surface area (Å²) in [7, 11) is 1.61. The number of piperidine rings is 2. The molecule has 1 amide bonds. The molecule has 7 heteroatoms. The van der Waals surface area contributed by atoms with Crippen molar-refractivity contribution in [3.05, 3.63) is 12.3 Å². The van der Waals surface area contributed by atoms with E-state index in [1.165, 1.54) is 0 Å². The van der Waals surface area contributed by atoms with Gasteiger partial charge >= 0.3 is 0 Å². The third-order valence-corrected chi connectivity index (χ3v) is 5.27. The number of aromatic nitrogens is 2. The van der Waals surface area contributed by atoms with E-state index >= 15 is 0 Å². The second kappa shape index (κ2) is 7.34. The Hall–Kier alpha value is -1.89. The molecule has 2 saturated heterocycles. The van der Waals surface area contributed by atoms with Gasteiger partial charge in [0.05, 0.1) is 7.11 Å². The van der Waals surface area contributed by atoms with E-state index in [9.17, 15) is 4.79 Å². The van der Waals surface area contributed by atoms with E-state index in [0.29, 0.717) is 31.2 Å². The molecule has 1 spiro atoms. The lowest BCUT2D eigenvalue weighted by Gasteiger charge is -2.47. The molecule has 2 fully saturated rings. The highest BCUT2D eigenvalue weighted by Crippen LogP contribution is 2.40. The van der Waals surface area contributed by atoms with Gasteiger partial charge in [-0.05, 0) is 31.1 Å². The predicted octanol–water partition coefficient (Wildman–Crippen LogP) is 1.08. The zero-order chi connectivity index (χ0) is 17.0. The number of anilines is 1. The molecule has 24 heavy (non-hydrogen) atoms. The molecule has 0 radical (unpaired) electrons. The molecule has 2 aliphatic heterocycles. The fraction of sp³-hybridized carbons (Fsp3) is 0.706. The number of rotatable bonds is 5. The SMILES string of the molecule is COc1ccnc(N2CCC3(CCC(=O)N(CCCO)C3)CC2)n1. The fourth-order valence-electron chi connectivity index (χ4n) is 3.76. The summed E-state index contributed by atoms with van der Waals surface area (Å²) in [5, 5.41) is 9.02. The summed E-state index contributed by atoms with van der Waals surface area (Å²) in [6, 6.07) is 1.75. The summed E-state index contributed by atoms with van der Waals surface area (Å²) in [4.78, 5) is 25.0. The molecule has 132 valence electrons. The lowest BCUT2D eigenvalue weighted by Crippen LogP contribution is -2.52. The highest BCUT2D eigenvalue weighted by atomic mass is 16.5. The van der Waals surface area contributed by atoms with Crippen LogP contribution in [0.25, 0.3) is 0 Å². The summed E-state index contributed by atoms with van der Waals surface area (Å²) in [6.07, 6.45) is 6.05. The number of carbonyl (C=O) groups is 1. The predicted molar refractivity (Wildman–Crippen MR) is 90.0 cm³/mol.